The molecule has 0 saturated heterocycles. The average Bonchev–Trinajstić information content (AvgIpc) is 2.73. The molecule has 110 valence electrons. The minimum Gasteiger partial charge on any atom is -0.354 e. The van der Waals surface area contributed by atoms with Gasteiger partial charge < -0.3 is 11.1 Å². The highest BCUT2D eigenvalue weighted by Gasteiger charge is 2.10. The number of carbonyl (C=O) groups excluding carboxylic acids is 1. The number of nitrogens with two attached hydrogens (primary N) is 1. The normalized spacial score (nSPS) is 11.9. The molecule has 7 nitrogen and oxygen atoms in total. The number of rotatable bonds is 5. The van der Waals surface area contributed by atoms with Crippen molar-refractivity contribution in [3.05, 3.63) is 34.9 Å². The third-order valence-corrected chi connectivity index (χ3v) is 2.83. The molecule has 0 spiro atoms. The predicted octanol–water partition coefficient (Wildman–Crippen LogP) is -0.371. The fourth-order valence-corrected chi connectivity index (χ4v) is 1.63. The quantitative estimate of drug-likeness (QED) is 0.787. The topological polar surface area (TPSA) is 94.4 Å². The van der Waals surface area contributed by atoms with Crippen molar-refractivity contribution in [1.29, 1.82) is 0 Å². The molecular formula is C12H18ClN5O2. The molecule has 0 radical (unpaired) electrons. The molecule has 0 aliphatic carbocycles. The summed E-state index contributed by atoms with van der Waals surface area (Å²) in [4.78, 5) is 23.6. The third-order valence-electron chi connectivity index (χ3n) is 2.83. The summed E-state index contributed by atoms with van der Waals surface area (Å²) < 4.78 is 2.55. The van der Waals surface area contributed by atoms with Crippen LogP contribution in [0.4, 0.5) is 0 Å². The number of hydrogen-bond acceptors (Lipinski definition) is 4. The second kappa shape index (κ2) is 7.06. The minimum absolute atomic E-state index is 0. The van der Waals surface area contributed by atoms with E-state index in [1.54, 1.807) is 24.4 Å². The molecule has 2 rings (SSSR count). The summed E-state index contributed by atoms with van der Waals surface area (Å²) >= 11 is 0. The van der Waals surface area contributed by atoms with Crippen molar-refractivity contribution in [3.8, 4) is 0 Å². The number of carbonyl (C=O) groups is 1. The standard InChI is InChI=1S/C12H17N5O2.ClH/c1-9(6-13)7-14-11(18)8-17-12(19)16-5-3-2-4-10(16)15-17;/h2-5,9H,6-8,13H2,1H3,(H,14,18);1H. The molecule has 3 N–H and O–H groups in total. The van der Waals surface area contributed by atoms with E-state index in [2.05, 4.69) is 10.4 Å². The molecular weight excluding hydrogens is 282 g/mol. The van der Waals surface area contributed by atoms with Gasteiger partial charge in [-0.05, 0) is 24.6 Å². The smallest absolute Gasteiger partial charge is 0.350 e. The lowest BCUT2D eigenvalue weighted by atomic mass is 10.2. The van der Waals surface area contributed by atoms with Gasteiger partial charge in [-0.1, -0.05) is 13.0 Å². The molecule has 0 aliphatic rings. The first kappa shape index (κ1) is 16.2. The number of halogens is 1. The van der Waals surface area contributed by atoms with Gasteiger partial charge in [0.15, 0.2) is 5.65 Å². The maximum atomic E-state index is 11.9. The molecule has 1 unspecified atom stereocenters. The molecule has 2 aromatic rings. The zero-order valence-corrected chi connectivity index (χ0v) is 12.0. The largest absolute Gasteiger partial charge is 0.354 e. The Labute approximate surface area is 122 Å². The molecule has 20 heavy (non-hydrogen) atoms. The van der Waals surface area contributed by atoms with Crippen LogP contribution >= 0.6 is 12.4 Å². The van der Waals surface area contributed by atoms with E-state index in [4.69, 9.17) is 5.73 Å². The summed E-state index contributed by atoms with van der Waals surface area (Å²) in [5.41, 5.74) is 5.67. The molecule has 2 aromatic heterocycles. The lowest BCUT2D eigenvalue weighted by Crippen LogP contribution is -2.36. The van der Waals surface area contributed by atoms with Crippen LogP contribution < -0.4 is 16.7 Å². The van der Waals surface area contributed by atoms with E-state index in [-0.39, 0.29) is 36.5 Å². The monoisotopic (exact) mass is 299 g/mol. The second-order valence-corrected chi connectivity index (χ2v) is 4.51. The molecule has 0 aliphatic heterocycles. The van der Waals surface area contributed by atoms with Gasteiger partial charge in [0.1, 0.15) is 6.54 Å². The Morgan fingerprint density at radius 3 is 2.90 bits per heavy atom. The second-order valence-electron chi connectivity index (χ2n) is 4.51. The molecule has 0 bridgehead atoms. The van der Waals surface area contributed by atoms with Crippen LogP contribution in [0.2, 0.25) is 0 Å². The molecule has 2 heterocycles. The molecule has 1 amide bonds. The Hall–Kier alpha value is -1.86. The van der Waals surface area contributed by atoms with Crippen molar-refractivity contribution in [2.75, 3.05) is 13.1 Å². The highest BCUT2D eigenvalue weighted by Crippen LogP contribution is 1.95. The molecule has 0 saturated carbocycles. The Kier molecular flexibility index (Phi) is 5.72. The highest BCUT2D eigenvalue weighted by atomic mass is 35.5. The van der Waals surface area contributed by atoms with Gasteiger partial charge in [-0.15, -0.1) is 17.5 Å². The molecule has 0 fully saturated rings. The number of aromatic nitrogens is 3. The van der Waals surface area contributed by atoms with Crippen LogP contribution in [0, 0.1) is 5.92 Å². The molecule has 0 aromatic carbocycles. The van der Waals surface area contributed by atoms with E-state index >= 15 is 0 Å². The van der Waals surface area contributed by atoms with Crippen LogP contribution in [0.15, 0.2) is 29.2 Å². The Morgan fingerprint density at radius 2 is 2.25 bits per heavy atom. The van der Waals surface area contributed by atoms with Gasteiger partial charge in [-0.2, -0.15) is 0 Å². The van der Waals surface area contributed by atoms with Gasteiger partial charge in [0.05, 0.1) is 0 Å². The van der Waals surface area contributed by atoms with Crippen LogP contribution in [0.25, 0.3) is 5.65 Å². The summed E-state index contributed by atoms with van der Waals surface area (Å²) in [6.45, 7) is 2.86. The maximum absolute atomic E-state index is 11.9. The highest BCUT2D eigenvalue weighted by molar-refractivity contribution is 5.85. The fourth-order valence-electron chi connectivity index (χ4n) is 1.63. The van der Waals surface area contributed by atoms with Crippen molar-refractivity contribution in [3.63, 3.8) is 0 Å². The third kappa shape index (κ3) is 3.58. The van der Waals surface area contributed by atoms with Gasteiger partial charge in [0, 0.05) is 12.7 Å². The zero-order valence-electron chi connectivity index (χ0n) is 11.2. The number of amides is 1. The van der Waals surface area contributed by atoms with Crippen molar-refractivity contribution in [1.82, 2.24) is 19.5 Å². The summed E-state index contributed by atoms with van der Waals surface area (Å²) in [7, 11) is 0. The minimum atomic E-state index is -0.322. The van der Waals surface area contributed by atoms with Gasteiger partial charge in [-0.25, -0.2) is 9.48 Å². The first-order valence-corrected chi connectivity index (χ1v) is 6.12. The van der Waals surface area contributed by atoms with Gasteiger partial charge in [-0.3, -0.25) is 9.20 Å². The van der Waals surface area contributed by atoms with Crippen LogP contribution in [-0.4, -0.2) is 33.2 Å². The lowest BCUT2D eigenvalue weighted by Gasteiger charge is -2.09. The van der Waals surface area contributed by atoms with Crippen LogP contribution in [0.1, 0.15) is 6.92 Å². The lowest BCUT2D eigenvalue weighted by molar-refractivity contribution is -0.122. The van der Waals surface area contributed by atoms with E-state index in [1.807, 2.05) is 6.92 Å². The van der Waals surface area contributed by atoms with E-state index in [9.17, 15) is 9.59 Å². The Bertz CT molecular complexity index is 636. The van der Waals surface area contributed by atoms with E-state index < -0.39 is 0 Å². The number of fused-ring (bicyclic) bond motifs is 1. The first-order valence-electron chi connectivity index (χ1n) is 6.12. The Balaban J connectivity index is 0.00000200. The van der Waals surface area contributed by atoms with Crippen molar-refractivity contribution in [2.24, 2.45) is 11.7 Å². The van der Waals surface area contributed by atoms with Crippen LogP contribution in [0.3, 0.4) is 0 Å². The number of nitrogens with one attached hydrogen (secondary N) is 1. The first-order chi connectivity index (χ1) is 9.11. The van der Waals surface area contributed by atoms with E-state index in [0.717, 1.165) is 4.68 Å². The molecule has 8 heteroatoms. The number of hydrogen-bond donors (Lipinski definition) is 2. The summed E-state index contributed by atoms with van der Waals surface area (Å²) in [5, 5.41) is 6.81. The zero-order chi connectivity index (χ0) is 13.8. The fraction of sp³-hybridized carbons (Fsp3) is 0.417. The number of nitrogens with zero attached hydrogens (tertiary/aromatic N) is 3. The summed E-state index contributed by atoms with van der Waals surface area (Å²) in [6, 6.07) is 5.24. The van der Waals surface area contributed by atoms with Crippen molar-refractivity contribution < 1.29 is 4.79 Å². The maximum Gasteiger partial charge on any atom is 0.350 e. The average molecular weight is 300 g/mol. The van der Waals surface area contributed by atoms with E-state index in [1.165, 1.54) is 4.40 Å². The predicted molar refractivity (Wildman–Crippen MR) is 77.9 cm³/mol. The van der Waals surface area contributed by atoms with Gasteiger partial charge >= 0.3 is 5.69 Å². The number of pyridine rings is 1. The van der Waals surface area contributed by atoms with E-state index in [0.29, 0.717) is 18.7 Å². The summed E-state index contributed by atoms with van der Waals surface area (Å²) in [5.74, 6) is -0.0347. The summed E-state index contributed by atoms with van der Waals surface area (Å²) in [6.07, 6.45) is 1.62. The van der Waals surface area contributed by atoms with Crippen molar-refractivity contribution >= 4 is 24.0 Å². The van der Waals surface area contributed by atoms with Crippen LogP contribution in [0.5, 0.6) is 0 Å². The Morgan fingerprint density at radius 1 is 1.50 bits per heavy atom. The van der Waals surface area contributed by atoms with Gasteiger partial charge in [0.2, 0.25) is 5.91 Å². The SMILES string of the molecule is CC(CN)CNC(=O)Cn1nc2ccccn2c1=O.Cl. The van der Waals surface area contributed by atoms with Crippen molar-refractivity contribution in [2.45, 2.75) is 13.5 Å². The van der Waals surface area contributed by atoms with Crippen LogP contribution in [-0.2, 0) is 11.3 Å². The van der Waals surface area contributed by atoms with Gasteiger partial charge in [0.25, 0.3) is 0 Å². The molecule has 1 atom stereocenters.